The summed E-state index contributed by atoms with van der Waals surface area (Å²) >= 11 is 0. The standard InChI is InChI=1S/C18H23NO2/c1-12-8-9-17(18(20)10-12)14(3)19-13(2)15-6-5-7-16(11-15)21-4/h5-11,13-14,19-20H,1-4H3/t13-,14?/m1/s1. The molecule has 112 valence electrons. The highest BCUT2D eigenvalue weighted by molar-refractivity contribution is 5.38. The molecule has 0 amide bonds. The molecule has 1 unspecified atom stereocenters. The fourth-order valence-electron chi connectivity index (χ4n) is 2.49. The van der Waals surface area contributed by atoms with E-state index in [1.165, 1.54) is 0 Å². The van der Waals surface area contributed by atoms with Crippen LogP contribution < -0.4 is 10.1 Å². The number of benzene rings is 2. The molecule has 0 radical (unpaired) electrons. The van der Waals surface area contributed by atoms with Crippen molar-refractivity contribution >= 4 is 0 Å². The smallest absolute Gasteiger partial charge is 0.120 e. The van der Waals surface area contributed by atoms with Gasteiger partial charge in [-0.05, 0) is 50.1 Å². The zero-order valence-corrected chi connectivity index (χ0v) is 13.1. The van der Waals surface area contributed by atoms with Crippen LogP contribution in [-0.4, -0.2) is 12.2 Å². The minimum Gasteiger partial charge on any atom is -0.508 e. The summed E-state index contributed by atoms with van der Waals surface area (Å²) in [7, 11) is 1.67. The van der Waals surface area contributed by atoms with E-state index in [4.69, 9.17) is 4.74 Å². The molecular weight excluding hydrogens is 262 g/mol. The third-order valence-corrected chi connectivity index (χ3v) is 3.75. The van der Waals surface area contributed by atoms with Gasteiger partial charge >= 0.3 is 0 Å². The van der Waals surface area contributed by atoms with Crippen LogP contribution in [0.3, 0.4) is 0 Å². The Hall–Kier alpha value is -2.00. The molecule has 0 spiro atoms. The lowest BCUT2D eigenvalue weighted by Crippen LogP contribution is -2.22. The van der Waals surface area contributed by atoms with Crippen molar-refractivity contribution in [3.05, 3.63) is 59.2 Å². The van der Waals surface area contributed by atoms with Gasteiger partial charge < -0.3 is 15.2 Å². The summed E-state index contributed by atoms with van der Waals surface area (Å²) in [5, 5.41) is 13.6. The summed E-state index contributed by atoms with van der Waals surface area (Å²) < 4.78 is 5.26. The number of hydrogen-bond donors (Lipinski definition) is 2. The summed E-state index contributed by atoms with van der Waals surface area (Å²) in [6.07, 6.45) is 0. The first-order valence-electron chi connectivity index (χ1n) is 7.20. The number of aromatic hydroxyl groups is 1. The molecule has 2 aromatic rings. The van der Waals surface area contributed by atoms with Gasteiger partial charge in [0.25, 0.3) is 0 Å². The first-order valence-corrected chi connectivity index (χ1v) is 7.20. The van der Waals surface area contributed by atoms with E-state index in [1.54, 1.807) is 13.2 Å². The Morgan fingerprint density at radius 1 is 1.05 bits per heavy atom. The van der Waals surface area contributed by atoms with Crippen LogP contribution in [0, 0.1) is 6.92 Å². The number of rotatable bonds is 5. The fraction of sp³-hybridized carbons (Fsp3) is 0.333. The molecule has 0 heterocycles. The van der Waals surface area contributed by atoms with Gasteiger partial charge in [-0.25, -0.2) is 0 Å². The number of hydrogen-bond acceptors (Lipinski definition) is 3. The van der Waals surface area contributed by atoms with Crippen molar-refractivity contribution in [2.45, 2.75) is 32.9 Å². The van der Waals surface area contributed by atoms with Crippen LogP contribution in [-0.2, 0) is 0 Å². The molecular formula is C18H23NO2. The molecule has 0 aliphatic heterocycles. The molecule has 2 rings (SSSR count). The van der Waals surface area contributed by atoms with Gasteiger partial charge in [0.05, 0.1) is 7.11 Å². The maximum Gasteiger partial charge on any atom is 0.120 e. The molecule has 0 aliphatic rings. The van der Waals surface area contributed by atoms with Gasteiger partial charge in [0.15, 0.2) is 0 Å². The van der Waals surface area contributed by atoms with Crippen molar-refractivity contribution < 1.29 is 9.84 Å². The Morgan fingerprint density at radius 2 is 1.81 bits per heavy atom. The van der Waals surface area contributed by atoms with Gasteiger partial charge in [-0.2, -0.15) is 0 Å². The fourth-order valence-corrected chi connectivity index (χ4v) is 2.49. The topological polar surface area (TPSA) is 41.5 Å². The second-order valence-electron chi connectivity index (χ2n) is 5.45. The van der Waals surface area contributed by atoms with E-state index < -0.39 is 0 Å². The Morgan fingerprint density at radius 3 is 2.48 bits per heavy atom. The average molecular weight is 285 g/mol. The lowest BCUT2D eigenvalue weighted by atomic mass is 10.0. The van der Waals surface area contributed by atoms with E-state index in [2.05, 4.69) is 25.2 Å². The van der Waals surface area contributed by atoms with Crippen LogP contribution in [0.2, 0.25) is 0 Å². The Kier molecular flexibility index (Phi) is 4.86. The van der Waals surface area contributed by atoms with Crippen LogP contribution in [0.15, 0.2) is 42.5 Å². The molecule has 3 heteroatoms. The van der Waals surface area contributed by atoms with E-state index in [9.17, 15) is 5.11 Å². The second-order valence-corrected chi connectivity index (χ2v) is 5.45. The van der Waals surface area contributed by atoms with E-state index in [-0.39, 0.29) is 12.1 Å². The monoisotopic (exact) mass is 285 g/mol. The number of aryl methyl sites for hydroxylation is 1. The molecule has 21 heavy (non-hydrogen) atoms. The Bertz CT molecular complexity index is 610. The first kappa shape index (κ1) is 15.4. The maximum absolute atomic E-state index is 10.1. The van der Waals surface area contributed by atoms with Crippen molar-refractivity contribution in [1.82, 2.24) is 5.32 Å². The van der Waals surface area contributed by atoms with Crippen LogP contribution in [0.25, 0.3) is 0 Å². The van der Waals surface area contributed by atoms with Crippen molar-refractivity contribution in [2.24, 2.45) is 0 Å². The highest BCUT2D eigenvalue weighted by Gasteiger charge is 2.14. The Balaban J connectivity index is 2.12. The lowest BCUT2D eigenvalue weighted by Gasteiger charge is -2.22. The van der Waals surface area contributed by atoms with Gasteiger partial charge in [-0.3, -0.25) is 0 Å². The van der Waals surface area contributed by atoms with Gasteiger partial charge in [-0.15, -0.1) is 0 Å². The first-order chi connectivity index (χ1) is 10.0. The second kappa shape index (κ2) is 6.64. The third-order valence-electron chi connectivity index (χ3n) is 3.75. The summed E-state index contributed by atoms with van der Waals surface area (Å²) in [5.74, 6) is 1.19. The van der Waals surface area contributed by atoms with Crippen molar-refractivity contribution in [3.63, 3.8) is 0 Å². The molecule has 0 saturated carbocycles. The zero-order chi connectivity index (χ0) is 15.4. The molecule has 2 N–H and O–H groups in total. The maximum atomic E-state index is 10.1. The predicted octanol–water partition coefficient (Wildman–Crippen LogP) is 4.12. The molecule has 0 aromatic heterocycles. The number of nitrogens with one attached hydrogen (secondary N) is 1. The molecule has 0 aliphatic carbocycles. The zero-order valence-electron chi connectivity index (χ0n) is 13.1. The minimum absolute atomic E-state index is 0.0619. The van der Waals surface area contributed by atoms with Crippen LogP contribution >= 0.6 is 0 Å². The predicted molar refractivity (Wildman–Crippen MR) is 85.8 cm³/mol. The van der Waals surface area contributed by atoms with Gasteiger partial charge in [0, 0.05) is 17.6 Å². The summed E-state index contributed by atoms with van der Waals surface area (Å²) in [4.78, 5) is 0. The minimum atomic E-state index is 0.0619. The van der Waals surface area contributed by atoms with Gasteiger partial charge in [0.2, 0.25) is 0 Å². The van der Waals surface area contributed by atoms with E-state index in [0.29, 0.717) is 5.75 Å². The summed E-state index contributed by atoms with van der Waals surface area (Å²) in [6, 6.07) is 14.0. The number of methoxy groups -OCH3 is 1. The quantitative estimate of drug-likeness (QED) is 0.868. The van der Waals surface area contributed by atoms with E-state index >= 15 is 0 Å². The molecule has 3 nitrogen and oxygen atoms in total. The number of ether oxygens (including phenoxy) is 1. The average Bonchev–Trinajstić information content (AvgIpc) is 2.47. The van der Waals surface area contributed by atoms with E-state index in [1.807, 2.05) is 37.3 Å². The highest BCUT2D eigenvalue weighted by Crippen LogP contribution is 2.28. The van der Waals surface area contributed by atoms with Crippen molar-refractivity contribution in [3.8, 4) is 11.5 Å². The largest absolute Gasteiger partial charge is 0.508 e. The number of phenolic OH excluding ortho intramolecular Hbond substituents is 1. The van der Waals surface area contributed by atoms with Crippen LogP contribution in [0.5, 0.6) is 11.5 Å². The molecule has 0 bridgehead atoms. The van der Waals surface area contributed by atoms with E-state index in [0.717, 1.165) is 22.4 Å². The third kappa shape index (κ3) is 3.76. The van der Waals surface area contributed by atoms with Crippen LogP contribution in [0.4, 0.5) is 0 Å². The van der Waals surface area contributed by atoms with Crippen molar-refractivity contribution in [1.29, 1.82) is 0 Å². The molecule has 2 atom stereocenters. The normalized spacial score (nSPS) is 13.7. The molecule has 2 aromatic carbocycles. The summed E-state index contributed by atoms with van der Waals surface area (Å²) in [6.45, 7) is 6.14. The van der Waals surface area contributed by atoms with Gasteiger partial charge in [0.1, 0.15) is 11.5 Å². The number of phenols is 1. The summed E-state index contributed by atoms with van der Waals surface area (Å²) in [5.41, 5.74) is 3.13. The Labute approximate surface area is 126 Å². The molecule has 0 fully saturated rings. The SMILES string of the molecule is COc1cccc([C@@H](C)NC(C)c2ccc(C)cc2O)c1. The van der Waals surface area contributed by atoms with Gasteiger partial charge in [-0.1, -0.05) is 24.3 Å². The van der Waals surface area contributed by atoms with Crippen molar-refractivity contribution in [2.75, 3.05) is 7.11 Å². The lowest BCUT2D eigenvalue weighted by molar-refractivity contribution is 0.411. The van der Waals surface area contributed by atoms with Crippen LogP contribution in [0.1, 0.15) is 42.6 Å². The molecule has 0 saturated heterocycles. The highest BCUT2D eigenvalue weighted by atomic mass is 16.5.